The first kappa shape index (κ1) is 19.4. The third-order valence-corrected chi connectivity index (χ3v) is 3.95. The fraction of sp³-hybridized carbons (Fsp3) is 0.412. The molecule has 1 atom stereocenters. The third-order valence-electron chi connectivity index (χ3n) is 3.95. The predicted molar refractivity (Wildman–Crippen MR) is 89.8 cm³/mol. The second kappa shape index (κ2) is 8.95. The van der Waals surface area contributed by atoms with E-state index in [1.54, 1.807) is 12.1 Å². The highest BCUT2D eigenvalue weighted by Crippen LogP contribution is 2.15. The normalized spacial score (nSPS) is 16.9. The number of aliphatic carboxylic acids is 1. The van der Waals surface area contributed by atoms with Crippen LogP contribution in [0.3, 0.4) is 0 Å². The maximum Gasteiger partial charge on any atom is 0.322 e. The molecule has 1 aliphatic rings. The summed E-state index contributed by atoms with van der Waals surface area (Å²) in [6.45, 7) is -0.457. The number of hydrogen-bond acceptors (Lipinski definition) is 5. The number of benzene rings is 1. The SMILES string of the molecule is O=C(O)CNC(=O)c1ccc(CNC(=O)CN2C(=O)CCCC2O)cc1. The monoisotopic (exact) mass is 363 g/mol. The Hall–Kier alpha value is -2.94. The molecular weight excluding hydrogens is 342 g/mol. The summed E-state index contributed by atoms with van der Waals surface area (Å²) in [6, 6.07) is 6.32. The van der Waals surface area contributed by atoms with Crippen LogP contribution in [-0.4, -0.2) is 58.1 Å². The third kappa shape index (κ3) is 5.55. The van der Waals surface area contributed by atoms with Gasteiger partial charge in [0.05, 0.1) is 0 Å². The molecule has 0 bridgehead atoms. The van der Waals surface area contributed by atoms with Gasteiger partial charge in [-0.3, -0.25) is 19.2 Å². The zero-order chi connectivity index (χ0) is 19.1. The summed E-state index contributed by atoms with van der Waals surface area (Å²) in [5.41, 5.74) is 1.04. The Morgan fingerprint density at radius 2 is 1.85 bits per heavy atom. The van der Waals surface area contributed by atoms with Crippen LogP contribution in [0.2, 0.25) is 0 Å². The molecule has 140 valence electrons. The van der Waals surface area contributed by atoms with Crippen molar-refractivity contribution in [3.8, 4) is 0 Å². The van der Waals surface area contributed by atoms with Crippen LogP contribution in [0.15, 0.2) is 24.3 Å². The van der Waals surface area contributed by atoms with Crippen LogP contribution < -0.4 is 10.6 Å². The molecular formula is C17H21N3O6. The van der Waals surface area contributed by atoms with Gasteiger partial charge in [0.25, 0.3) is 5.91 Å². The number of carboxylic acid groups (broad SMARTS) is 1. The van der Waals surface area contributed by atoms with Crippen molar-refractivity contribution in [3.05, 3.63) is 35.4 Å². The number of rotatable bonds is 7. The van der Waals surface area contributed by atoms with Crippen molar-refractivity contribution in [2.45, 2.75) is 32.0 Å². The number of hydrogen-bond donors (Lipinski definition) is 4. The van der Waals surface area contributed by atoms with E-state index in [0.717, 1.165) is 10.5 Å². The van der Waals surface area contributed by atoms with Gasteiger partial charge in [-0.15, -0.1) is 0 Å². The van der Waals surface area contributed by atoms with E-state index in [0.29, 0.717) is 24.8 Å². The smallest absolute Gasteiger partial charge is 0.322 e. The lowest BCUT2D eigenvalue weighted by molar-refractivity contribution is -0.150. The number of likely N-dealkylation sites (tertiary alicyclic amines) is 1. The van der Waals surface area contributed by atoms with Crippen molar-refractivity contribution in [3.63, 3.8) is 0 Å². The molecule has 0 spiro atoms. The summed E-state index contributed by atoms with van der Waals surface area (Å²) in [5, 5.41) is 23.2. The van der Waals surface area contributed by atoms with E-state index in [9.17, 15) is 24.3 Å². The van der Waals surface area contributed by atoms with Gasteiger partial charge in [0.2, 0.25) is 11.8 Å². The molecule has 1 fully saturated rings. The maximum absolute atomic E-state index is 12.0. The van der Waals surface area contributed by atoms with Crippen molar-refractivity contribution in [1.29, 1.82) is 0 Å². The molecule has 0 saturated carbocycles. The van der Waals surface area contributed by atoms with Crippen LogP contribution in [0, 0.1) is 0 Å². The van der Waals surface area contributed by atoms with Gasteiger partial charge in [0, 0.05) is 18.5 Å². The second-order valence-electron chi connectivity index (χ2n) is 5.94. The van der Waals surface area contributed by atoms with Crippen molar-refractivity contribution in [2.75, 3.05) is 13.1 Å². The number of carbonyl (C=O) groups is 4. The van der Waals surface area contributed by atoms with Crippen LogP contribution in [-0.2, 0) is 20.9 Å². The molecule has 1 unspecified atom stereocenters. The molecule has 0 radical (unpaired) electrons. The fourth-order valence-electron chi connectivity index (χ4n) is 2.54. The lowest BCUT2D eigenvalue weighted by Gasteiger charge is -2.31. The quantitative estimate of drug-likeness (QED) is 0.513. The van der Waals surface area contributed by atoms with Crippen LogP contribution in [0.25, 0.3) is 0 Å². The number of carboxylic acids is 1. The molecule has 1 saturated heterocycles. The van der Waals surface area contributed by atoms with Gasteiger partial charge in [-0.25, -0.2) is 0 Å². The highest BCUT2D eigenvalue weighted by molar-refractivity contribution is 5.95. The van der Waals surface area contributed by atoms with E-state index < -0.39 is 24.6 Å². The molecule has 9 heteroatoms. The van der Waals surface area contributed by atoms with Crippen molar-refractivity contribution < 1.29 is 29.4 Å². The van der Waals surface area contributed by atoms with Crippen molar-refractivity contribution in [2.24, 2.45) is 0 Å². The molecule has 9 nitrogen and oxygen atoms in total. The van der Waals surface area contributed by atoms with E-state index in [2.05, 4.69) is 10.6 Å². The Morgan fingerprint density at radius 1 is 1.15 bits per heavy atom. The van der Waals surface area contributed by atoms with E-state index in [-0.39, 0.29) is 24.9 Å². The minimum Gasteiger partial charge on any atom is -0.480 e. The Morgan fingerprint density at radius 3 is 2.46 bits per heavy atom. The van der Waals surface area contributed by atoms with Crippen LogP contribution in [0.1, 0.15) is 35.2 Å². The van der Waals surface area contributed by atoms with Crippen molar-refractivity contribution >= 4 is 23.7 Å². The topological polar surface area (TPSA) is 136 Å². The molecule has 1 heterocycles. The van der Waals surface area contributed by atoms with Gasteiger partial charge >= 0.3 is 5.97 Å². The lowest BCUT2D eigenvalue weighted by Crippen LogP contribution is -2.48. The van der Waals surface area contributed by atoms with E-state index >= 15 is 0 Å². The Labute approximate surface area is 150 Å². The van der Waals surface area contributed by atoms with E-state index in [4.69, 9.17) is 5.11 Å². The number of amides is 3. The zero-order valence-electron chi connectivity index (χ0n) is 14.1. The van der Waals surface area contributed by atoms with E-state index in [1.165, 1.54) is 12.1 Å². The molecule has 26 heavy (non-hydrogen) atoms. The maximum atomic E-state index is 12.0. The summed E-state index contributed by atoms with van der Waals surface area (Å²) in [4.78, 5) is 47.0. The average Bonchev–Trinajstić information content (AvgIpc) is 2.61. The summed E-state index contributed by atoms with van der Waals surface area (Å²) in [6.07, 6.45) is 0.482. The van der Waals surface area contributed by atoms with E-state index in [1.807, 2.05) is 0 Å². The highest BCUT2D eigenvalue weighted by atomic mass is 16.4. The number of aliphatic hydroxyl groups excluding tert-OH is 1. The largest absolute Gasteiger partial charge is 0.480 e. The summed E-state index contributed by atoms with van der Waals surface area (Å²) >= 11 is 0. The molecule has 1 aromatic carbocycles. The predicted octanol–water partition coefficient (Wildman–Crippen LogP) is -0.552. The Kier molecular flexibility index (Phi) is 6.67. The van der Waals surface area contributed by atoms with Gasteiger partial charge < -0.3 is 25.7 Å². The molecule has 0 aromatic heterocycles. The van der Waals surface area contributed by atoms with Crippen LogP contribution in [0.4, 0.5) is 0 Å². The number of carbonyl (C=O) groups excluding carboxylic acids is 3. The number of nitrogens with zero attached hydrogens (tertiary/aromatic N) is 1. The highest BCUT2D eigenvalue weighted by Gasteiger charge is 2.27. The van der Waals surface area contributed by atoms with Crippen molar-refractivity contribution in [1.82, 2.24) is 15.5 Å². The zero-order valence-corrected chi connectivity index (χ0v) is 14.1. The molecule has 3 amide bonds. The minimum absolute atomic E-state index is 0.199. The van der Waals surface area contributed by atoms with Gasteiger partial charge in [-0.05, 0) is 30.5 Å². The lowest BCUT2D eigenvalue weighted by atomic mass is 10.1. The molecule has 0 aliphatic carbocycles. The standard InChI is InChI=1S/C17H21N3O6/c21-13(10-20-14(22)2-1-3-15(20)23)18-8-11-4-6-12(7-5-11)17(26)19-9-16(24)25/h4-7,14,22H,1-3,8-10H2,(H,18,21)(H,19,26)(H,24,25). The Balaban J connectivity index is 1.81. The van der Waals surface area contributed by atoms with Gasteiger partial charge in [0.1, 0.15) is 19.3 Å². The molecule has 1 aromatic rings. The first-order valence-electron chi connectivity index (χ1n) is 8.20. The number of nitrogens with one attached hydrogen (secondary N) is 2. The first-order valence-corrected chi connectivity index (χ1v) is 8.20. The molecule has 2 rings (SSSR count). The Bertz CT molecular complexity index is 688. The molecule has 1 aliphatic heterocycles. The molecule has 4 N–H and O–H groups in total. The second-order valence-corrected chi connectivity index (χ2v) is 5.94. The van der Waals surface area contributed by atoms with Crippen LogP contribution in [0.5, 0.6) is 0 Å². The van der Waals surface area contributed by atoms with Gasteiger partial charge in [-0.1, -0.05) is 12.1 Å². The van der Waals surface area contributed by atoms with Gasteiger partial charge in [-0.2, -0.15) is 0 Å². The fourth-order valence-corrected chi connectivity index (χ4v) is 2.54. The average molecular weight is 363 g/mol. The minimum atomic E-state index is -1.13. The number of piperidine rings is 1. The van der Waals surface area contributed by atoms with Gasteiger partial charge in [0.15, 0.2) is 0 Å². The number of aliphatic hydroxyl groups is 1. The first-order chi connectivity index (χ1) is 12.4. The summed E-state index contributed by atoms with van der Waals surface area (Å²) in [7, 11) is 0. The summed E-state index contributed by atoms with van der Waals surface area (Å²) < 4.78 is 0. The summed E-state index contributed by atoms with van der Waals surface area (Å²) in [5.74, 6) is -2.26. The van der Waals surface area contributed by atoms with Crippen LogP contribution >= 0.6 is 0 Å².